The molecule has 100 heavy (non-hydrogen) atoms. The van der Waals surface area contributed by atoms with E-state index in [0.29, 0.717) is 27.2 Å². The Bertz CT molecular complexity index is 1920. The van der Waals surface area contributed by atoms with E-state index in [-0.39, 0.29) is 48.0 Å². The van der Waals surface area contributed by atoms with Gasteiger partial charge in [-0.05, 0) is 103 Å². The maximum Gasteiger partial charge on any atom is 0.428 e. The Morgan fingerprint density at radius 3 is 0.470 bits per heavy atom. The minimum Gasteiger partial charge on any atom is -0.248 e. The lowest BCUT2D eigenvalue weighted by Crippen LogP contribution is -2.61. The summed E-state index contributed by atoms with van der Waals surface area (Å²) in [6, 6.07) is 0. The zero-order chi connectivity index (χ0) is 86.0. The molecule has 12 unspecified atom stereocenters. The largest absolute Gasteiger partial charge is 0.428 e. The van der Waals surface area contributed by atoms with Gasteiger partial charge in [-0.1, -0.05) is 20.8 Å². The van der Waals surface area contributed by atoms with Gasteiger partial charge < -0.3 is 0 Å². The highest BCUT2D eigenvalue weighted by Crippen LogP contribution is 2.58. The third kappa shape index (κ3) is 49.4. The highest BCUT2D eigenvalue weighted by Gasteiger charge is 2.78. The van der Waals surface area contributed by atoms with E-state index in [1.165, 1.54) is 20.8 Å². The third-order valence-electron chi connectivity index (χ3n) is 12.4. The van der Waals surface area contributed by atoms with Gasteiger partial charge in [-0.25, -0.2) is 105 Å². The molecule has 12 atom stereocenters. The van der Waals surface area contributed by atoms with Gasteiger partial charge >= 0.3 is 61.3 Å². The van der Waals surface area contributed by atoms with Crippen molar-refractivity contribution in [1.29, 1.82) is 0 Å². The van der Waals surface area contributed by atoms with Crippen LogP contribution in [0.2, 0.25) is 0 Å². The van der Waals surface area contributed by atoms with E-state index in [1.54, 1.807) is 6.92 Å². The van der Waals surface area contributed by atoms with Crippen LogP contribution in [0.4, 0.5) is 211 Å². The van der Waals surface area contributed by atoms with E-state index >= 15 is 0 Å². The van der Waals surface area contributed by atoms with Crippen molar-refractivity contribution in [3.8, 4) is 0 Å². The number of hydrogen-bond acceptors (Lipinski definition) is 0. The first-order valence-corrected chi connectivity index (χ1v) is 26.7. The number of alkyl halides is 48. The lowest BCUT2D eigenvalue weighted by atomic mass is 9.82. The molecule has 0 aromatic heterocycles. The molecule has 48 heteroatoms. The summed E-state index contributed by atoms with van der Waals surface area (Å²) in [6.07, 6.45) is -52.9. The predicted octanol–water partition coefficient (Wildman–Crippen LogP) is 28.1. The molecule has 0 aromatic rings. The molecule has 0 rings (SSSR count). The van der Waals surface area contributed by atoms with Gasteiger partial charge in [-0.3, -0.25) is 0 Å². The predicted molar refractivity (Wildman–Crippen MR) is 271 cm³/mol. The molecule has 0 aliphatic heterocycles. The Balaban J connectivity index is -0.0000000981. The summed E-state index contributed by atoms with van der Waals surface area (Å²) in [6.45, 7) is 10.8. The Morgan fingerprint density at radius 2 is 0.460 bits per heavy atom. The van der Waals surface area contributed by atoms with Crippen LogP contribution in [0, 0.1) is 17.3 Å². The summed E-state index contributed by atoms with van der Waals surface area (Å²) < 4.78 is 563. The van der Waals surface area contributed by atoms with Gasteiger partial charge in [0.05, 0.1) is 12.1 Å². The van der Waals surface area contributed by atoms with Crippen molar-refractivity contribution in [3.05, 3.63) is 0 Å². The first-order chi connectivity index (χ1) is 41.9. The Hall–Kier alpha value is -3.36. The van der Waals surface area contributed by atoms with Gasteiger partial charge in [0.2, 0.25) is 28.3 Å². The second kappa shape index (κ2) is 42.1. The van der Waals surface area contributed by atoms with E-state index < -0.39 is 196 Å². The molecule has 0 nitrogen and oxygen atoms in total. The molecule has 0 spiro atoms. The van der Waals surface area contributed by atoms with E-state index in [4.69, 9.17) is 0 Å². The lowest BCUT2D eigenvalue weighted by Gasteiger charge is -2.37. The third-order valence-corrected chi connectivity index (χ3v) is 12.4. The van der Waals surface area contributed by atoms with Crippen molar-refractivity contribution in [1.82, 2.24) is 0 Å². The summed E-state index contributed by atoms with van der Waals surface area (Å²) in [7, 11) is 0. The van der Waals surface area contributed by atoms with Gasteiger partial charge in [0.1, 0.15) is 30.6 Å². The van der Waals surface area contributed by atoms with E-state index in [9.17, 15) is 211 Å². The first kappa shape index (κ1) is 121. The quantitative estimate of drug-likeness (QED) is 0.181. The van der Waals surface area contributed by atoms with E-state index in [1.807, 2.05) is 6.92 Å². The van der Waals surface area contributed by atoms with Crippen molar-refractivity contribution in [2.45, 2.75) is 316 Å². The first-order valence-electron chi connectivity index (χ1n) is 26.7. The summed E-state index contributed by atoms with van der Waals surface area (Å²) in [5.74, 6) is -30.9. The molecule has 0 aliphatic rings. The van der Waals surface area contributed by atoms with Crippen molar-refractivity contribution in [3.63, 3.8) is 0 Å². The van der Waals surface area contributed by atoms with Crippen molar-refractivity contribution in [2.24, 2.45) is 17.3 Å². The molecule has 0 N–H and O–H groups in total. The summed E-state index contributed by atoms with van der Waals surface area (Å²) in [5.41, 5.74) is -23.2. The number of hydrogen-bond donors (Lipinski definition) is 0. The minimum absolute atomic E-state index is 0.0625. The van der Waals surface area contributed by atoms with Crippen LogP contribution in [0.3, 0.4) is 0 Å². The average Bonchev–Trinajstić information content (AvgIpc) is 0.749. The normalized spacial score (nSPS) is 18.2. The Kier molecular flexibility index (Phi) is 50.7. The van der Waals surface area contributed by atoms with Crippen molar-refractivity contribution < 1.29 is 211 Å². The van der Waals surface area contributed by atoms with Crippen LogP contribution < -0.4 is 0 Å². The summed E-state index contributed by atoms with van der Waals surface area (Å²) in [5, 5.41) is 0. The fourth-order valence-corrected chi connectivity index (χ4v) is 2.21. The topological polar surface area (TPSA) is 0 Å². The minimum atomic E-state index is -6.05. The van der Waals surface area contributed by atoms with Crippen LogP contribution >= 0.6 is 0 Å². The molecule has 0 fully saturated rings. The molecule has 0 aliphatic carbocycles. The summed E-state index contributed by atoms with van der Waals surface area (Å²) >= 11 is 0. The van der Waals surface area contributed by atoms with Gasteiger partial charge in [0.15, 0.2) is 6.17 Å². The van der Waals surface area contributed by atoms with E-state index in [2.05, 4.69) is 0 Å². The molecule has 0 bridgehead atoms. The fraction of sp³-hybridized carbons (Fsp3) is 1.00. The van der Waals surface area contributed by atoms with Crippen LogP contribution in [0.5, 0.6) is 0 Å². The molecule has 622 valence electrons. The monoisotopic (exact) mass is 1610 g/mol. The Morgan fingerprint density at radius 1 is 0.250 bits per heavy atom. The Labute approximate surface area is 543 Å². The standard InChI is InChI=1S/2C6H6F8.C5H6F6.2C5H7F5.C5H8F4.C4H6F4.C4H7F3.2C4H8F2.C4H9F/c1-3(7,5(9,10)11)4(2,8)6(12,13)14;1-3(4(2,7)8,5(9,10)11)6(12,13)14;1-3(6,4(2,7)8)5(9,10)11;1-3(6)4(2,7)5(8,9)10;1-3(4(2,6)7)5(8,9)10;1-3(4(2)6)5(7,8)9;1-3(5,6)4(2,7)8;1-3(5)4(2,6)7;1-3-4(2,5)6;1-3(5)4(2)6;1-3-4(2)5/h2*1-2H3;1-2H3;2*3H,1-2H3;3-4H,1-2H3;1-2H3;3H,1-2H3;3H2,1-2H3;3-4H,1-2H3;4H,3H2,1-2H3. The number of rotatable bonds is 11. The van der Waals surface area contributed by atoms with Crippen molar-refractivity contribution >= 4 is 0 Å². The molecular formula is C52H78F48. The van der Waals surface area contributed by atoms with Crippen LogP contribution in [0.1, 0.15) is 165 Å². The van der Waals surface area contributed by atoms with Crippen LogP contribution in [0.25, 0.3) is 0 Å². The molecule has 0 amide bonds. The van der Waals surface area contributed by atoms with Gasteiger partial charge in [-0.15, -0.1) is 0 Å². The lowest BCUT2D eigenvalue weighted by molar-refractivity contribution is -0.388. The summed E-state index contributed by atoms with van der Waals surface area (Å²) in [4.78, 5) is 0. The number of halogens is 48. The highest BCUT2D eigenvalue weighted by molar-refractivity contribution is 5.04. The maximum absolute atomic E-state index is 12.7. The van der Waals surface area contributed by atoms with Crippen LogP contribution in [0.15, 0.2) is 0 Å². The molecule has 0 radical (unpaired) electrons. The smallest absolute Gasteiger partial charge is 0.248 e. The van der Waals surface area contributed by atoms with Gasteiger partial charge in [-0.2, -0.15) is 105 Å². The van der Waals surface area contributed by atoms with E-state index in [0.717, 1.165) is 27.7 Å². The zero-order valence-electron chi connectivity index (χ0n) is 56.2. The van der Waals surface area contributed by atoms with Crippen molar-refractivity contribution in [2.75, 3.05) is 0 Å². The SMILES string of the molecule is CC(C(C)(F)F)C(F)(F)F.CC(F)(C(F)(F)F)C(C)(F)C(F)(F)F.CC(F)(F)C(C)(C(F)(F)F)C(F)(F)F.CC(F)(F)C(C)(F)C(F)(F)F.CC(F)(F)C(C)(F)F.CC(F)C(C)(F)C(F)(F)F.CC(F)C(C)(F)F.CC(F)C(C)C(F)(F)F.CC(F)C(C)F.CCC(C)(F)F.CCC(C)F. The molecule has 0 aromatic carbocycles. The van der Waals surface area contributed by atoms with Crippen LogP contribution in [-0.2, 0) is 0 Å². The fourth-order valence-electron chi connectivity index (χ4n) is 2.21. The molecular weight excluding hydrogens is 1540 g/mol. The average molecular weight is 1620 g/mol. The van der Waals surface area contributed by atoms with Crippen LogP contribution in [-0.4, -0.2) is 151 Å². The van der Waals surface area contributed by atoms with Gasteiger partial charge in [0.25, 0.3) is 29.4 Å². The molecule has 0 saturated heterocycles. The molecule has 0 saturated carbocycles. The van der Waals surface area contributed by atoms with Gasteiger partial charge in [0, 0.05) is 41.0 Å². The maximum atomic E-state index is 12.7. The second-order valence-electron chi connectivity index (χ2n) is 22.1. The second-order valence-corrected chi connectivity index (χ2v) is 22.1. The molecule has 0 heterocycles. The highest BCUT2D eigenvalue weighted by atomic mass is 19.5. The zero-order valence-corrected chi connectivity index (χ0v) is 56.2.